The first-order chi connectivity index (χ1) is 8.16. The zero-order valence-electron chi connectivity index (χ0n) is 9.29. The minimum absolute atomic E-state index is 0.0724. The van der Waals surface area contributed by atoms with Gasteiger partial charge < -0.3 is 9.64 Å². The molecule has 1 aliphatic rings. The van der Waals surface area contributed by atoms with Crippen molar-refractivity contribution in [2.24, 2.45) is 0 Å². The molecule has 0 spiro atoms. The van der Waals surface area contributed by atoms with E-state index in [0.29, 0.717) is 36.9 Å². The lowest BCUT2D eigenvalue weighted by atomic mass is 10.1. The lowest BCUT2D eigenvalue weighted by Gasteiger charge is -2.26. The van der Waals surface area contributed by atoms with Crippen LogP contribution in [0.3, 0.4) is 0 Å². The molecule has 1 saturated heterocycles. The molecule has 0 aromatic heterocycles. The van der Waals surface area contributed by atoms with E-state index in [9.17, 15) is 9.18 Å². The Hall–Kier alpha value is -1.13. The smallest absolute Gasteiger partial charge is 0.227 e. The topological polar surface area (TPSA) is 29.5 Å². The highest BCUT2D eigenvalue weighted by molar-refractivity contribution is 6.30. The van der Waals surface area contributed by atoms with Gasteiger partial charge in [0, 0.05) is 18.1 Å². The molecular formula is C12H13ClFNO2. The molecule has 2 rings (SSSR count). The summed E-state index contributed by atoms with van der Waals surface area (Å²) < 4.78 is 18.7. The third kappa shape index (κ3) is 3.17. The highest BCUT2D eigenvalue weighted by Gasteiger charge is 2.18. The van der Waals surface area contributed by atoms with Crippen molar-refractivity contribution >= 4 is 17.5 Å². The summed E-state index contributed by atoms with van der Waals surface area (Å²) in [4.78, 5) is 13.6. The highest BCUT2D eigenvalue weighted by Crippen LogP contribution is 2.16. The number of hydrogen-bond acceptors (Lipinski definition) is 2. The molecule has 0 bridgehead atoms. The third-order valence-corrected chi connectivity index (χ3v) is 2.96. The number of amides is 1. The highest BCUT2D eigenvalue weighted by atomic mass is 35.5. The first-order valence-electron chi connectivity index (χ1n) is 5.46. The Morgan fingerprint density at radius 3 is 2.76 bits per heavy atom. The van der Waals surface area contributed by atoms with E-state index in [4.69, 9.17) is 16.3 Å². The summed E-state index contributed by atoms with van der Waals surface area (Å²) in [5, 5.41) is 0.338. The van der Waals surface area contributed by atoms with Crippen LogP contribution in [0.15, 0.2) is 18.2 Å². The Labute approximate surface area is 104 Å². The van der Waals surface area contributed by atoms with E-state index in [0.717, 1.165) is 0 Å². The summed E-state index contributed by atoms with van der Waals surface area (Å²) in [6.45, 7) is 2.26. The van der Waals surface area contributed by atoms with Gasteiger partial charge in [-0.05, 0) is 17.7 Å². The summed E-state index contributed by atoms with van der Waals surface area (Å²) in [7, 11) is 0. The zero-order chi connectivity index (χ0) is 12.3. The summed E-state index contributed by atoms with van der Waals surface area (Å²) in [5.74, 6) is -0.506. The van der Waals surface area contributed by atoms with Crippen molar-refractivity contribution < 1.29 is 13.9 Å². The van der Waals surface area contributed by atoms with Crippen LogP contribution in [0.2, 0.25) is 5.02 Å². The van der Waals surface area contributed by atoms with E-state index in [1.54, 1.807) is 17.0 Å². The number of carbonyl (C=O) groups is 1. The Kier molecular flexibility index (Phi) is 3.97. The molecule has 5 heteroatoms. The number of ether oxygens (including phenoxy) is 1. The maximum Gasteiger partial charge on any atom is 0.227 e. The first kappa shape index (κ1) is 12.3. The molecule has 1 heterocycles. The molecule has 1 amide bonds. The van der Waals surface area contributed by atoms with Crippen LogP contribution in [0.5, 0.6) is 0 Å². The average molecular weight is 258 g/mol. The van der Waals surface area contributed by atoms with Gasteiger partial charge in [-0.2, -0.15) is 0 Å². The van der Waals surface area contributed by atoms with Gasteiger partial charge in [0.05, 0.1) is 19.6 Å². The van der Waals surface area contributed by atoms with Crippen LogP contribution in [0.25, 0.3) is 0 Å². The zero-order valence-corrected chi connectivity index (χ0v) is 10.0. The van der Waals surface area contributed by atoms with E-state index in [1.807, 2.05) is 0 Å². The summed E-state index contributed by atoms with van der Waals surface area (Å²) in [5.41, 5.74) is 0.380. The molecule has 0 unspecified atom stereocenters. The Bertz CT molecular complexity index is 419. The lowest BCUT2D eigenvalue weighted by Crippen LogP contribution is -2.41. The average Bonchev–Trinajstić information content (AvgIpc) is 2.34. The molecule has 0 saturated carbocycles. The maximum absolute atomic E-state index is 13.5. The Morgan fingerprint density at radius 2 is 2.12 bits per heavy atom. The van der Waals surface area contributed by atoms with Crippen molar-refractivity contribution in [3.8, 4) is 0 Å². The van der Waals surface area contributed by atoms with Crippen molar-refractivity contribution in [1.29, 1.82) is 0 Å². The van der Waals surface area contributed by atoms with Gasteiger partial charge in [-0.1, -0.05) is 17.7 Å². The molecule has 0 atom stereocenters. The molecule has 0 radical (unpaired) electrons. The summed E-state index contributed by atoms with van der Waals surface area (Å²) in [6.07, 6.45) is 0.0724. The van der Waals surface area contributed by atoms with Crippen LogP contribution in [0.1, 0.15) is 5.56 Å². The summed E-state index contributed by atoms with van der Waals surface area (Å²) >= 11 is 5.65. The molecule has 1 aromatic carbocycles. The second-order valence-electron chi connectivity index (χ2n) is 3.91. The number of nitrogens with zero attached hydrogens (tertiary/aromatic N) is 1. The summed E-state index contributed by atoms with van der Waals surface area (Å²) in [6, 6.07) is 4.37. The molecule has 1 fully saturated rings. The van der Waals surface area contributed by atoms with E-state index < -0.39 is 5.82 Å². The fourth-order valence-electron chi connectivity index (χ4n) is 1.75. The van der Waals surface area contributed by atoms with Gasteiger partial charge in [-0.3, -0.25) is 4.79 Å². The second-order valence-corrected chi connectivity index (χ2v) is 4.34. The SMILES string of the molecule is O=C(Cc1ccc(Cl)cc1F)N1CCOCC1. The maximum atomic E-state index is 13.5. The lowest BCUT2D eigenvalue weighted by molar-refractivity contribution is -0.134. The molecule has 92 valence electrons. The number of halogens is 2. The monoisotopic (exact) mass is 257 g/mol. The van der Waals surface area contributed by atoms with Gasteiger partial charge >= 0.3 is 0 Å². The standard InChI is InChI=1S/C12H13ClFNO2/c13-10-2-1-9(11(14)8-10)7-12(16)15-3-5-17-6-4-15/h1-2,8H,3-7H2. The molecule has 1 aromatic rings. The van der Waals surface area contributed by atoms with Crippen molar-refractivity contribution in [3.63, 3.8) is 0 Å². The van der Waals surface area contributed by atoms with Gasteiger partial charge in [-0.25, -0.2) is 4.39 Å². The quantitative estimate of drug-likeness (QED) is 0.810. The largest absolute Gasteiger partial charge is 0.378 e. The van der Waals surface area contributed by atoms with Crippen LogP contribution in [0.4, 0.5) is 4.39 Å². The van der Waals surface area contributed by atoms with Crippen LogP contribution in [-0.2, 0) is 16.0 Å². The van der Waals surface area contributed by atoms with Crippen molar-refractivity contribution in [3.05, 3.63) is 34.6 Å². The second kappa shape index (κ2) is 5.47. The van der Waals surface area contributed by atoms with E-state index >= 15 is 0 Å². The Balaban J connectivity index is 2.02. The number of carbonyl (C=O) groups excluding carboxylic acids is 1. The van der Waals surface area contributed by atoms with Crippen LogP contribution in [0, 0.1) is 5.82 Å². The Morgan fingerprint density at radius 1 is 1.41 bits per heavy atom. The van der Waals surface area contributed by atoms with Crippen LogP contribution in [-0.4, -0.2) is 37.1 Å². The predicted molar refractivity (Wildman–Crippen MR) is 62.5 cm³/mol. The van der Waals surface area contributed by atoms with Crippen molar-refractivity contribution in [1.82, 2.24) is 4.90 Å². The van der Waals surface area contributed by atoms with Gasteiger partial charge in [0.15, 0.2) is 0 Å². The van der Waals surface area contributed by atoms with Gasteiger partial charge in [0.25, 0.3) is 0 Å². The minimum Gasteiger partial charge on any atom is -0.378 e. The number of benzene rings is 1. The molecule has 1 aliphatic heterocycles. The number of rotatable bonds is 2. The molecule has 0 aliphatic carbocycles. The van der Waals surface area contributed by atoms with Gasteiger partial charge in [0.2, 0.25) is 5.91 Å². The molecule has 0 N–H and O–H groups in total. The van der Waals surface area contributed by atoms with Crippen molar-refractivity contribution in [2.45, 2.75) is 6.42 Å². The van der Waals surface area contributed by atoms with E-state index in [1.165, 1.54) is 6.07 Å². The van der Waals surface area contributed by atoms with Gasteiger partial charge in [-0.15, -0.1) is 0 Å². The van der Waals surface area contributed by atoms with Crippen molar-refractivity contribution in [2.75, 3.05) is 26.3 Å². The van der Waals surface area contributed by atoms with Gasteiger partial charge in [0.1, 0.15) is 5.82 Å². The van der Waals surface area contributed by atoms with E-state index in [2.05, 4.69) is 0 Å². The fraction of sp³-hybridized carbons (Fsp3) is 0.417. The predicted octanol–water partition coefficient (Wildman–Crippen LogP) is 1.88. The number of morpholine rings is 1. The molecular weight excluding hydrogens is 245 g/mol. The number of hydrogen-bond donors (Lipinski definition) is 0. The molecule has 17 heavy (non-hydrogen) atoms. The third-order valence-electron chi connectivity index (χ3n) is 2.72. The minimum atomic E-state index is -0.431. The van der Waals surface area contributed by atoms with E-state index in [-0.39, 0.29) is 12.3 Å². The fourth-order valence-corrected chi connectivity index (χ4v) is 1.91. The normalized spacial score (nSPS) is 16.0. The first-order valence-corrected chi connectivity index (χ1v) is 5.84. The van der Waals surface area contributed by atoms with Crippen LogP contribution >= 0.6 is 11.6 Å². The van der Waals surface area contributed by atoms with Crippen LogP contribution < -0.4 is 0 Å². The molecule has 3 nitrogen and oxygen atoms in total.